The van der Waals surface area contributed by atoms with Crippen LogP contribution in [0.5, 0.6) is 5.75 Å². The van der Waals surface area contributed by atoms with Crippen molar-refractivity contribution in [2.24, 2.45) is 0 Å². The van der Waals surface area contributed by atoms with Gasteiger partial charge in [-0.1, -0.05) is 6.07 Å². The highest BCUT2D eigenvalue weighted by molar-refractivity contribution is 5.87. The van der Waals surface area contributed by atoms with Gasteiger partial charge >= 0.3 is 0 Å². The van der Waals surface area contributed by atoms with Crippen molar-refractivity contribution >= 4 is 22.4 Å². The van der Waals surface area contributed by atoms with Crippen molar-refractivity contribution in [3.05, 3.63) is 82.7 Å². The Morgan fingerprint density at radius 3 is 2.90 bits per heavy atom. The van der Waals surface area contributed by atoms with Crippen LogP contribution in [0.2, 0.25) is 0 Å². The van der Waals surface area contributed by atoms with Crippen LogP contribution in [0.25, 0.3) is 27.8 Å². The number of fused-ring (bicyclic) bond motifs is 2. The summed E-state index contributed by atoms with van der Waals surface area (Å²) in [6, 6.07) is 15.2. The van der Waals surface area contributed by atoms with E-state index in [9.17, 15) is 4.79 Å². The summed E-state index contributed by atoms with van der Waals surface area (Å²) in [6.07, 6.45) is 3.64. The van der Waals surface area contributed by atoms with Gasteiger partial charge < -0.3 is 19.5 Å². The number of H-pyrrole nitrogens is 1. The average Bonchev–Trinajstić information content (AvgIpc) is 3.40. The molecular formula is C24H22N4O3. The van der Waals surface area contributed by atoms with Gasteiger partial charge in [0.15, 0.2) is 0 Å². The number of rotatable bonds is 6. The summed E-state index contributed by atoms with van der Waals surface area (Å²) >= 11 is 0. The molecule has 0 saturated heterocycles. The van der Waals surface area contributed by atoms with Crippen molar-refractivity contribution in [3.63, 3.8) is 0 Å². The smallest absolute Gasteiger partial charge is 0.258 e. The molecule has 0 fully saturated rings. The summed E-state index contributed by atoms with van der Waals surface area (Å²) in [5.74, 6) is 2.29. The number of aromatic amines is 1. The maximum absolute atomic E-state index is 13.0. The molecule has 2 N–H and O–H groups in total. The van der Waals surface area contributed by atoms with Gasteiger partial charge in [-0.2, -0.15) is 0 Å². The Morgan fingerprint density at radius 1 is 1.19 bits per heavy atom. The zero-order valence-electron chi connectivity index (χ0n) is 17.3. The summed E-state index contributed by atoms with van der Waals surface area (Å²) in [5.41, 5.74) is 3.47. The first kappa shape index (κ1) is 19.0. The zero-order valence-corrected chi connectivity index (χ0v) is 17.3. The summed E-state index contributed by atoms with van der Waals surface area (Å²) < 4.78 is 13.0. The van der Waals surface area contributed by atoms with Gasteiger partial charge in [-0.05, 0) is 61.9 Å². The molecule has 5 rings (SSSR count). The standard InChI is InChI=1S/C24H22N4O3/c1-3-30-17-7-8-20-16(11-17)12-19(24(29)26-20)22-23(25-13-18-5-4-10-31-18)28-14-15(2)6-9-21(28)27-22/h4-12,14,25H,3,13H2,1-2H3,(H,26,29). The lowest BCUT2D eigenvalue weighted by Crippen LogP contribution is -2.11. The van der Waals surface area contributed by atoms with Crippen LogP contribution in [0.3, 0.4) is 0 Å². The molecule has 7 heteroatoms. The average molecular weight is 414 g/mol. The van der Waals surface area contributed by atoms with E-state index >= 15 is 0 Å². The fourth-order valence-corrected chi connectivity index (χ4v) is 3.71. The third kappa shape index (κ3) is 3.54. The molecule has 4 heterocycles. The molecule has 0 amide bonds. The molecule has 0 unspecified atom stereocenters. The maximum Gasteiger partial charge on any atom is 0.258 e. The molecule has 156 valence electrons. The Kier molecular flexibility index (Phi) is 4.71. The third-order valence-corrected chi connectivity index (χ3v) is 5.16. The highest BCUT2D eigenvalue weighted by Gasteiger charge is 2.18. The summed E-state index contributed by atoms with van der Waals surface area (Å²) in [7, 11) is 0. The van der Waals surface area contributed by atoms with Gasteiger partial charge in [0.25, 0.3) is 5.56 Å². The molecule has 0 radical (unpaired) electrons. The Balaban J connectivity index is 1.67. The van der Waals surface area contributed by atoms with E-state index in [-0.39, 0.29) is 5.56 Å². The SMILES string of the molecule is CCOc1ccc2[nH]c(=O)c(-c3nc4ccc(C)cn4c3NCc3ccco3)cc2c1. The Morgan fingerprint density at radius 2 is 2.10 bits per heavy atom. The molecule has 0 saturated carbocycles. The van der Waals surface area contributed by atoms with Gasteiger partial charge in [0.1, 0.15) is 28.7 Å². The van der Waals surface area contributed by atoms with Crippen molar-refractivity contribution in [3.8, 4) is 17.0 Å². The van der Waals surface area contributed by atoms with Crippen LogP contribution in [0, 0.1) is 6.92 Å². The van der Waals surface area contributed by atoms with E-state index in [1.807, 2.05) is 73.0 Å². The largest absolute Gasteiger partial charge is 0.494 e. The minimum absolute atomic E-state index is 0.196. The van der Waals surface area contributed by atoms with Crippen molar-refractivity contribution < 1.29 is 9.15 Å². The van der Waals surface area contributed by atoms with Crippen molar-refractivity contribution in [1.29, 1.82) is 0 Å². The molecule has 4 aromatic heterocycles. The number of anilines is 1. The van der Waals surface area contributed by atoms with E-state index in [2.05, 4.69) is 10.3 Å². The maximum atomic E-state index is 13.0. The van der Waals surface area contributed by atoms with E-state index in [4.69, 9.17) is 14.1 Å². The van der Waals surface area contributed by atoms with Crippen LogP contribution in [-0.4, -0.2) is 21.0 Å². The van der Waals surface area contributed by atoms with Crippen LogP contribution in [0.1, 0.15) is 18.2 Å². The lowest BCUT2D eigenvalue weighted by Gasteiger charge is -2.09. The number of furan rings is 1. The van der Waals surface area contributed by atoms with Crippen LogP contribution in [0.15, 0.2) is 70.2 Å². The number of aromatic nitrogens is 3. The highest BCUT2D eigenvalue weighted by atomic mass is 16.5. The molecule has 0 aliphatic carbocycles. The number of benzene rings is 1. The van der Waals surface area contributed by atoms with Crippen LogP contribution in [0.4, 0.5) is 5.82 Å². The molecule has 0 bridgehead atoms. The number of nitrogens with zero attached hydrogens (tertiary/aromatic N) is 2. The second kappa shape index (κ2) is 7.68. The fraction of sp³-hybridized carbons (Fsp3) is 0.167. The Bertz CT molecular complexity index is 1430. The number of hydrogen-bond donors (Lipinski definition) is 2. The second-order valence-corrected chi connectivity index (χ2v) is 7.37. The van der Waals surface area contributed by atoms with Gasteiger partial charge in [0, 0.05) is 17.1 Å². The lowest BCUT2D eigenvalue weighted by atomic mass is 10.1. The third-order valence-electron chi connectivity index (χ3n) is 5.16. The van der Waals surface area contributed by atoms with Gasteiger partial charge in [-0.3, -0.25) is 9.20 Å². The van der Waals surface area contributed by atoms with Gasteiger partial charge in [0.2, 0.25) is 0 Å². The Hall–Kier alpha value is -4.00. The lowest BCUT2D eigenvalue weighted by molar-refractivity contribution is 0.340. The van der Waals surface area contributed by atoms with E-state index in [0.717, 1.165) is 39.4 Å². The first-order chi connectivity index (χ1) is 15.1. The fourth-order valence-electron chi connectivity index (χ4n) is 3.71. The predicted molar refractivity (Wildman–Crippen MR) is 121 cm³/mol. The van der Waals surface area contributed by atoms with Crippen molar-refractivity contribution in [2.75, 3.05) is 11.9 Å². The molecule has 0 aliphatic heterocycles. The molecule has 5 aromatic rings. The van der Waals surface area contributed by atoms with Gasteiger partial charge in [-0.25, -0.2) is 4.98 Å². The number of ether oxygens (including phenoxy) is 1. The topological polar surface area (TPSA) is 84.6 Å². The monoisotopic (exact) mass is 414 g/mol. The first-order valence-corrected chi connectivity index (χ1v) is 10.2. The molecule has 1 aromatic carbocycles. The predicted octanol–water partition coefficient (Wildman–Crippen LogP) is 4.76. The van der Waals surface area contributed by atoms with Crippen molar-refractivity contribution in [1.82, 2.24) is 14.4 Å². The molecule has 0 spiro atoms. The molecule has 7 nitrogen and oxygen atoms in total. The highest BCUT2D eigenvalue weighted by Crippen LogP contribution is 2.30. The second-order valence-electron chi connectivity index (χ2n) is 7.37. The Labute approximate surface area is 178 Å². The zero-order chi connectivity index (χ0) is 21.4. The van der Waals surface area contributed by atoms with E-state index in [1.54, 1.807) is 6.26 Å². The molecule has 0 aliphatic rings. The van der Waals surface area contributed by atoms with Crippen molar-refractivity contribution in [2.45, 2.75) is 20.4 Å². The van der Waals surface area contributed by atoms with Gasteiger partial charge in [0.05, 0.1) is 25.0 Å². The number of hydrogen-bond acceptors (Lipinski definition) is 5. The van der Waals surface area contributed by atoms with E-state index < -0.39 is 0 Å². The first-order valence-electron chi connectivity index (χ1n) is 10.2. The summed E-state index contributed by atoms with van der Waals surface area (Å²) in [5, 5.41) is 4.28. The summed E-state index contributed by atoms with van der Waals surface area (Å²) in [4.78, 5) is 20.7. The number of pyridine rings is 2. The molecule has 31 heavy (non-hydrogen) atoms. The van der Waals surface area contributed by atoms with Gasteiger partial charge in [-0.15, -0.1) is 0 Å². The summed E-state index contributed by atoms with van der Waals surface area (Å²) in [6.45, 7) is 5.02. The van der Waals surface area contributed by atoms with Crippen LogP contribution in [-0.2, 0) is 6.54 Å². The number of imidazole rings is 1. The quantitative estimate of drug-likeness (QED) is 0.419. The minimum Gasteiger partial charge on any atom is -0.494 e. The van der Waals surface area contributed by atoms with E-state index in [0.29, 0.717) is 24.4 Å². The van der Waals surface area contributed by atoms with Crippen LogP contribution < -0.4 is 15.6 Å². The number of nitrogens with one attached hydrogen (secondary N) is 2. The normalized spacial score (nSPS) is 11.3. The minimum atomic E-state index is -0.196. The van der Waals surface area contributed by atoms with Crippen LogP contribution >= 0.6 is 0 Å². The van der Waals surface area contributed by atoms with E-state index in [1.165, 1.54) is 0 Å². The molecular weight excluding hydrogens is 392 g/mol. The molecule has 0 atom stereocenters. The number of aryl methyl sites for hydroxylation is 1.